The molecule has 2 fully saturated rings. The van der Waals surface area contributed by atoms with Crippen molar-refractivity contribution in [3.63, 3.8) is 0 Å². The van der Waals surface area contributed by atoms with E-state index in [1.807, 2.05) is 0 Å². The summed E-state index contributed by atoms with van der Waals surface area (Å²) in [5.74, 6) is 0. The molecule has 15 heavy (non-hydrogen) atoms. The maximum Gasteiger partial charge on any atom is 0.0621 e. The molecule has 0 bridgehead atoms. The molecule has 2 unspecified atom stereocenters. The van der Waals surface area contributed by atoms with E-state index in [0.717, 1.165) is 32.1 Å². The second-order valence-corrected chi connectivity index (χ2v) is 5.80. The molecule has 0 spiro atoms. The number of hydrogen-bond donors (Lipinski definition) is 3. The van der Waals surface area contributed by atoms with Gasteiger partial charge in [0.15, 0.2) is 0 Å². The Morgan fingerprint density at radius 3 is 2.13 bits per heavy atom. The van der Waals surface area contributed by atoms with Crippen molar-refractivity contribution in [1.29, 1.82) is 0 Å². The summed E-state index contributed by atoms with van der Waals surface area (Å²) in [6.07, 6.45) is 4.65. The van der Waals surface area contributed by atoms with Gasteiger partial charge in [0.1, 0.15) is 0 Å². The van der Waals surface area contributed by atoms with Gasteiger partial charge in [0.25, 0.3) is 0 Å². The van der Waals surface area contributed by atoms with Gasteiger partial charge in [-0.05, 0) is 32.1 Å². The summed E-state index contributed by atoms with van der Waals surface area (Å²) in [5.41, 5.74) is 0.0239. The van der Waals surface area contributed by atoms with E-state index in [1.54, 1.807) is 0 Å². The maximum absolute atomic E-state index is 9.64. The minimum atomic E-state index is -0.149. The summed E-state index contributed by atoms with van der Waals surface area (Å²) in [5, 5.41) is 22.7. The average molecular weight is 213 g/mol. The second-order valence-electron chi connectivity index (χ2n) is 5.80. The Morgan fingerprint density at radius 1 is 1.07 bits per heavy atom. The number of aliphatic hydroxyl groups is 2. The normalized spacial score (nSPS) is 44.8. The highest BCUT2D eigenvalue weighted by Crippen LogP contribution is 2.41. The highest BCUT2D eigenvalue weighted by molar-refractivity contribution is 5.02. The van der Waals surface area contributed by atoms with Crippen LogP contribution in [0.5, 0.6) is 0 Å². The number of hydrogen-bond acceptors (Lipinski definition) is 3. The van der Waals surface area contributed by atoms with Crippen molar-refractivity contribution in [2.24, 2.45) is 5.41 Å². The van der Waals surface area contributed by atoms with Crippen LogP contribution < -0.4 is 5.32 Å². The van der Waals surface area contributed by atoms with Gasteiger partial charge in [-0.1, -0.05) is 13.8 Å². The highest BCUT2D eigenvalue weighted by atomic mass is 16.3. The Balaban J connectivity index is 1.79. The molecular formula is C12H23NO2. The predicted octanol–water partition coefficient (Wildman–Crippen LogP) is 1.04. The molecule has 0 aliphatic heterocycles. The molecule has 3 heteroatoms. The van der Waals surface area contributed by atoms with Crippen LogP contribution in [0.1, 0.15) is 46.0 Å². The summed E-state index contributed by atoms with van der Waals surface area (Å²) in [6.45, 7) is 4.24. The molecule has 2 aliphatic carbocycles. The van der Waals surface area contributed by atoms with Gasteiger partial charge in [-0.2, -0.15) is 0 Å². The first kappa shape index (κ1) is 11.4. The Kier molecular flexibility index (Phi) is 3.06. The molecule has 3 N–H and O–H groups in total. The third kappa shape index (κ3) is 2.19. The van der Waals surface area contributed by atoms with Gasteiger partial charge in [0, 0.05) is 17.5 Å². The van der Waals surface area contributed by atoms with E-state index in [1.165, 1.54) is 0 Å². The topological polar surface area (TPSA) is 52.5 Å². The fraction of sp³-hybridized carbons (Fsp3) is 1.00. The zero-order chi connectivity index (χ0) is 11.1. The summed E-state index contributed by atoms with van der Waals surface area (Å²) in [4.78, 5) is 0. The molecule has 0 radical (unpaired) electrons. The lowest BCUT2D eigenvalue weighted by atomic mass is 9.64. The monoisotopic (exact) mass is 213 g/mol. The molecule has 0 heterocycles. The molecule has 0 amide bonds. The summed E-state index contributed by atoms with van der Waals surface area (Å²) in [6, 6.07) is 0.998. The first-order chi connectivity index (χ1) is 7.00. The van der Waals surface area contributed by atoms with E-state index in [2.05, 4.69) is 19.2 Å². The van der Waals surface area contributed by atoms with Crippen LogP contribution in [0.4, 0.5) is 0 Å². The predicted molar refractivity (Wildman–Crippen MR) is 59.6 cm³/mol. The van der Waals surface area contributed by atoms with E-state index in [4.69, 9.17) is 0 Å². The molecule has 2 aliphatic rings. The van der Waals surface area contributed by atoms with Crippen molar-refractivity contribution in [2.75, 3.05) is 0 Å². The van der Waals surface area contributed by atoms with Crippen molar-refractivity contribution in [1.82, 2.24) is 5.32 Å². The zero-order valence-corrected chi connectivity index (χ0v) is 9.74. The summed E-state index contributed by atoms with van der Waals surface area (Å²) < 4.78 is 0. The molecule has 0 aromatic rings. The van der Waals surface area contributed by atoms with Crippen molar-refractivity contribution >= 4 is 0 Å². The van der Waals surface area contributed by atoms with Gasteiger partial charge in [-0.15, -0.1) is 0 Å². The van der Waals surface area contributed by atoms with E-state index in [0.29, 0.717) is 12.1 Å². The Labute approximate surface area is 91.9 Å². The van der Waals surface area contributed by atoms with E-state index in [-0.39, 0.29) is 17.6 Å². The van der Waals surface area contributed by atoms with Crippen molar-refractivity contribution in [3.05, 3.63) is 0 Å². The van der Waals surface area contributed by atoms with E-state index in [9.17, 15) is 10.2 Å². The fourth-order valence-corrected chi connectivity index (χ4v) is 2.71. The van der Waals surface area contributed by atoms with Crippen LogP contribution in [0.25, 0.3) is 0 Å². The number of nitrogens with one attached hydrogen (secondary N) is 1. The minimum Gasteiger partial charge on any atom is -0.393 e. The minimum absolute atomic E-state index is 0.0239. The van der Waals surface area contributed by atoms with Gasteiger partial charge in [0.2, 0.25) is 0 Å². The van der Waals surface area contributed by atoms with Crippen LogP contribution in [-0.4, -0.2) is 34.5 Å². The Bertz CT molecular complexity index is 222. The fourth-order valence-electron chi connectivity index (χ4n) is 2.71. The molecule has 0 aromatic heterocycles. The van der Waals surface area contributed by atoms with Crippen LogP contribution in [0.3, 0.4) is 0 Å². The standard InChI is InChI=1S/C12H23NO2/c1-12(2)10(7-11(12)15)13-8-3-5-9(14)6-4-8/h8-11,13-15H,3-7H2,1-2H3. The van der Waals surface area contributed by atoms with Crippen LogP contribution in [0, 0.1) is 5.41 Å². The molecule has 2 saturated carbocycles. The van der Waals surface area contributed by atoms with Crippen molar-refractivity contribution in [2.45, 2.75) is 70.2 Å². The lowest BCUT2D eigenvalue weighted by Crippen LogP contribution is -2.62. The van der Waals surface area contributed by atoms with Crippen molar-refractivity contribution < 1.29 is 10.2 Å². The molecule has 0 aromatic carbocycles. The van der Waals surface area contributed by atoms with Crippen molar-refractivity contribution in [3.8, 4) is 0 Å². The smallest absolute Gasteiger partial charge is 0.0621 e. The third-order valence-electron chi connectivity index (χ3n) is 4.35. The number of aliphatic hydroxyl groups excluding tert-OH is 2. The third-order valence-corrected chi connectivity index (χ3v) is 4.35. The molecular weight excluding hydrogens is 190 g/mol. The van der Waals surface area contributed by atoms with Gasteiger partial charge in [-0.3, -0.25) is 0 Å². The van der Waals surface area contributed by atoms with Crippen LogP contribution in [0.2, 0.25) is 0 Å². The first-order valence-electron chi connectivity index (χ1n) is 6.12. The Morgan fingerprint density at radius 2 is 1.67 bits per heavy atom. The quantitative estimate of drug-likeness (QED) is 0.642. The zero-order valence-electron chi connectivity index (χ0n) is 9.74. The largest absolute Gasteiger partial charge is 0.393 e. The maximum atomic E-state index is 9.64. The Hall–Kier alpha value is -0.120. The molecule has 88 valence electrons. The number of rotatable bonds is 2. The van der Waals surface area contributed by atoms with Crippen LogP contribution in [0.15, 0.2) is 0 Å². The molecule has 2 atom stereocenters. The lowest BCUT2D eigenvalue weighted by molar-refractivity contribution is -0.0781. The second kappa shape index (κ2) is 4.04. The molecule has 0 saturated heterocycles. The van der Waals surface area contributed by atoms with Gasteiger partial charge >= 0.3 is 0 Å². The lowest BCUT2D eigenvalue weighted by Gasteiger charge is -2.51. The SMILES string of the molecule is CC1(C)C(O)CC1NC1CCC(O)CC1. The molecule has 3 nitrogen and oxygen atoms in total. The average Bonchev–Trinajstić information content (AvgIpc) is 2.21. The van der Waals surface area contributed by atoms with Gasteiger partial charge in [0.05, 0.1) is 12.2 Å². The summed E-state index contributed by atoms with van der Waals surface area (Å²) in [7, 11) is 0. The first-order valence-corrected chi connectivity index (χ1v) is 6.12. The van der Waals surface area contributed by atoms with Crippen LogP contribution in [-0.2, 0) is 0 Å². The van der Waals surface area contributed by atoms with Gasteiger partial charge in [-0.25, -0.2) is 0 Å². The van der Waals surface area contributed by atoms with Crippen LogP contribution >= 0.6 is 0 Å². The highest BCUT2D eigenvalue weighted by Gasteiger charge is 2.47. The van der Waals surface area contributed by atoms with Gasteiger partial charge < -0.3 is 15.5 Å². The summed E-state index contributed by atoms with van der Waals surface area (Å²) >= 11 is 0. The molecule has 2 rings (SSSR count). The van der Waals surface area contributed by atoms with E-state index < -0.39 is 0 Å². The van der Waals surface area contributed by atoms with E-state index >= 15 is 0 Å².